The van der Waals surface area contributed by atoms with E-state index in [1.807, 2.05) is 0 Å². The lowest BCUT2D eigenvalue weighted by molar-refractivity contribution is -0.139. The molecule has 138 valence electrons. The van der Waals surface area contributed by atoms with E-state index in [1.165, 1.54) is 17.0 Å². The summed E-state index contributed by atoms with van der Waals surface area (Å²) in [7, 11) is 1.57. The number of rotatable bonds is 5. The lowest BCUT2D eigenvalue weighted by Gasteiger charge is -2.35. The van der Waals surface area contributed by atoms with Gasteiger partial charge in [0.25, 0.3) is 0 Å². The molecular formula is C16H20F2N2O5. The third kappa shape index (κ3) is 3.77. The highest BCUT2D eigenvalue weighted by Crippen LogP contribution is 2.39. The number of hydrogen-bond acceptors (Lipinski definition) is 6. The molecule has 0 atom stereocenters. The van der Waals surface area contributed by atoms with E-state index in [9.17, 15) is 13.6 Å². The highest BCUT2D eigenvalue weighted by Gasteiger charge is 2.38. The maximum Gasteiger partial charge on any atom is 0.387 e. The van der Waals surface area contributed by atoms with Gasteiger partial charge in [0.05, 0.1) is 5.54 Å². The highest BCUT2D eigenvalue weighted by atomic mass is 19.3. The van der Waals surface area contributed by atoms with Gasteiger partial charge in [-0.15, -0.1) is 0 Å². The van der Waals surface area contributed by atoms with Crippen LogP contribution in [-0.2, 0) is 16.1 Å². The summed E-state index contributed by atoms with van der Waals surface area (Å²) >= 11 is 0. The van der Waals surface area contributed by atoms with Crippen LogP contribution in [0.4, 0.5) is 8.78 Å². The smallest absolute Gasteiger partial charge is 0.387 e. The van der Waals surface area contributed by atoms with Gasteiger partial charge in [0, 0.05) is 38.4 Å². The van der Waals surface area contributed by atoms with Gasteiger partial charge in [0.15, 0.2) is 11.5 Å². The van der Waals surface area contributed by atoms with Crippen molar-refractivity contribution in [2.45, 2.75) is 31.5 Å². The van der Waals surface area contributed by atoms with Crippen molar-refractivity contribution in [3.8, 4) is 17.2 Å². The van der Waals surface area contributed by atoms with E-state index in [-0.39, 0.29) is 25.0 Å². The number of nitrogens with zero attached hydrogens (tertiary/aromatic N) is 1. The van der Waals surface area contributed by atoms with Gasteiger partial charge in [0.1, 0.15) is 5.75 Å². The maximum atomic E-state index is 12.7. The first-order valence-corrected chi connectivity index (χ1v) is 7.88. The van der Waals surface area contributed by atoms with Crippen molar-refractivity contribution in [1.82, 2.24) is 4.90 Å². The maximum absolute atomic E-state index is 12.7. The van der Waals surface area contributed by atoms with Crippen molar-refractivity contribution in [2.24, 2.45) is 5.73 Å². The third-order valence-electron chi connectivity index (χ3n) is 4.34. The summed E-state index contributed by atoms with van der Waals surface area (Å²) in [6.07, 6.45) is 0.829. The van der Waals surface area contributed by atoms with Gasteiger partial charge >= 0.3 is 6.61 Å². The van der Waals surface area contributed by atoms with Crippen molar-refractivity contribution < 1.29 is 32.5 Å². The number of carbonyl (C=O) groups is 1. The van der Waals surface area contributed by atoms with Crippen LogP contribution < -0.4 is 19.9 Å². The fourth-order valence-electron chi connectivity index (χ4n) is 2.95. The van der Waals surface area contributed by atoms with E-state index in [0.717, 1.165) is 0 Å². The quantitative estimate of drug-likeness (QED) is 0.859. The van der Waals surface area contributed by atoms with Crippen LogP contribution >= 0.6 is 0 Å². The van der Waals surface area contributed by atoms with Crippen LogP contribution in [0.1, 0.15) is 18.4 Å². The molecule has 1 amide bonds. The van der Waals surface area contributed by atoms with Gasteiger partial charge in [-0.2, -0.15) is 8.78 Å². The third-order valence-corrected chi connectivity index (χ3v) is 4.34. The molecule has 0 radical (unpaired) electrons. The number of fused-ring (bicyclic) bond motifs is 1. The first-order valence-electron chi connectivity index (χ1n) is 7.88. The second kappa shape index (κ2) is 7.01. The topological polar surface area (TPSA) is 83.2 Å². The molecule has 1 fully saturated rings. The minimum Gasteiger partial charge on any atom is -0.454 e. The van der Waals surface area contributed by atoms with Gasteiger partial charge < -0.3 is 29.6 Å². The minimum atomic E-state index is -2.99. The van der Waals surface area contributed by atoms with E-state index in [0.29, 0.717) is 43.1 Å². The molecule has 9 heteroatoms. The SMILES string of the molecule is CN(Cc1cc2c(cc1OC(F)F)OCO2)C(=O)C1(N)CCOCC1. The molecule has 2 aliphatic rings. The number of halogens is 2. The predicted octanol–water partition coefficient (Wildman–Crippen LogP) is 1.48. The average Bonchev–Trinajstić information content (AvgIpc) is 3.01. The van der Waals surface area contributed by atoms with E-state index in [1.54, 1.807) is 7.05 Å². The van der Waals surface area contributed by atoms with Crippen LogP contribution in [-0.4, -0.2) is 50.0 Å². The zero-order valence-corrected chi connectivity index (χ0v) is 13.8. The van der Waals surface area contributed by atoms with E-state index in [2.05, 4.69) is 4.74 Å². The number of benzene rings is 1. The van der Waals surface area contributed by atoms with Crippen LogP contribution in [0.5, 0.6) is 17.2 Å². The molecule has 2 N–H and O–H groups in total. The number of likely N-dealkylation sites (N-methyl/N-ethyl adjacent to an activating group) is 1. The van der Waals surface area contributed by atoms with Crippen molar-refractivity contribution in [3.63, 3.8) is 0 Å². The summed E-state index contributed by atoms with van der Waals surface area (Å²) < 4.78 is 45.6. The zero-order valence-electron chi connectivity index (χ0n) is 13.8. The molecule has 0 spiro atoms. The molecule has 0 bridgehead atoms. The van der Waals surface area contributed by atoms with Gasteiger partial charge in [-0.25, -0.2) is 0 Å². The Kier molecular flexibility index (Phi) is 4.96. The average molecular weight is 358 g/mol. The minimum absolute atomic E-state index is 0.00753. The van der Waals surface area contributed by atoms with E-state index >= 15 is 0 Å². The summed E-state index contributed by atoms with van der Waals surface area (Å²) in [5, 5.41) is 0. The molecule has 1 aromatic rings. The lowest BCUT2D eigenvalue weighted by atomic mass is 9.89. The van der Waals surface area contributed by atoms with E-state index < -0.39 is 12.2 Å². The zero-order chi connectivity index (χ0) is 18.0. The first-order chi connectivity index (χ1) is 11.9. The highest BCUT2D eigenvalue weighted by molar-refractivity contribution is 5.86. The van der Waals surface area contributed by atoms with Crippen LogP contribution in [0.3, 0.4) is 0 Å². The van der Waals surface area contributed by atoms with Gasteiger partial charge in [-0.05, 0) is 18.9 Å². The summed E-state index contributed by atoms with van der Waals surface area (Å²) in [4.78, 5) is 14.1. The van der Waals surface area contributed by atoms with Crippen LogP contribution in [0, 0.1) is 0 Å². The molecule has 25 heavy (non-hydrogen) atoms. The Balaban J connectivity index is 1.80. The van der Waals surface area contributed by atoms with Crippen LogP contribution in [0.2, 0.25) is 0 Å². The molecule has 2 heterocycles. The Hall–Kier alpha value is -2.13. The normalized spacial score (nSPS) is 18.3. The molecule has 0 unspecified atom stereocenters. The Bertz CT molecular complexity index is 650. The van der Waals surface area contributed by atoms with Gasteiger partial charge in [-0.1, -0.05) is 0 Å². The van der Waals surface area contributed by atoms with Crippen molar-refractivity contribution >= 4 is 5.91 Å². The van der Waals surface area contributed by atoms with Gasteiger partial charge in [-0.3, -0.25) is 4.79 Å². The van der Waals surface area contributed by atoms with Crippen molar-refractivity contribution in [3.05, 3.63) is 17.7 Å². The molecular weight excluding hydrogens is 338 g/mol. The number of amides is 1. The fraction of sp³-hybridized carbons (Fsp3) is 0.562. The molecule has 1 saturated heterocycles. The lowest BCUT2D eigenvalue weighted by Crippen LogP contribution is -2.57. The molecule has 2 aliphatic heterocycles. The van der Waals surface area contributed by atoms with Crippen LogP contribution in [0.15, 0.2) is 12.1 Å². The second-order valence-electron chi connectivity index (χ2n) is 6.12. The van der Waals surface area contributed by atoms with Crippen molar-refractivity contribution in [1.29, 1.82) is 0 Å². The predicted molar refractivity (Wildman–Crippen MR) is 82.6 cm³/mol. The molecule has 0 aromatic heterocycles. The Morgan fingerprint density at radius 2 is 1.96 bits per heavy atom. The molecule has 1 aromatic carbocycles. The largest absolute Gasteiger partial charge is 0.454 e. The summed E-state index contributed by atoms with van der Waals surface area (Å²) in [5.41, 5.74) is 5.58. The molecule has 0 saturated carbocycles. The standard InChI is InChI=1S/C16H20F2N2O5/c1-20(14(21)16(19)2-4-22-5-3-16)8-10-6-12-13(24-9-23-12)7-11(10)25-15(17)18/h6-7,15H,2-5,8-9,19H2,1H3. The number of alkyl halides is 2. The number of nitrogens with two attached hydrogens (primary N) is 1. The Morgan fingerprint density at radius 3 is 2.60 bits per heavy atom. The molecule has 3 rings (SSSR count). The summed E-state index contributed by atoms with van der Waals surface area (Å²) in [6, 6.07) is 2.88. The number of hydrogen-bond donors (Lipinski definition) is 1. The monoisotopic (exact) mass is 358 g/mol. The second-order valence-corrected chi connectivity index (χ2v) is 6.12. The summed E-state index contributed by atoms with van der Waals surface area (Å²) in [6.45, 7) is -2.10. The Morgan fingerprint density at radius 1 is 1.32 bits per heavy atom. The van der Waals surface area contributed by atoms with Crippen LogP contribution in [0.25, 0.3) is 0 Å². The first kappa shape index (κ1) is 17.7. The fourth-order valence-corrected chi connectivity index (χ4v) is 2.95. The van der Waals surface area contributed by atoms with Crippen molar-refractivity contribution in [2.75, 3.05) is 27.1 Å². The summed E-state index contributed by atoms with van der Waals surface area (Å²) in [5.74, 6) is 0.424. The number of ether oxygens (including phenoxy) is 4. The van der Waals surface area contributed by atoms with E-state index in [4.69, 9.17) is 19.9 Å². The Labute approximate surface area is 143 Å². The molecule has 0 aliphatic carbocycles. The molecule has 7 nitrogen and oxygen atoms in total. The van der Waals surface area contributed by atoms with Gasteiger partial charge in [0.2, 0.25) is 12.7 Å². The number of carbonyl (C=O) groups excluding carboxylic acids is 1.